The molecule has 2 saturated heterocycles. The number of fused-ring (bicyclic) bond motifs is 4. The second-order valence-corrected chi connectivity index (χ2v) is 13.0. The lowest BCUT2D eigenvalue weighted by Crippen LogP contribution is -2.49. The molecule has 46 heavy (non-hydrogen) atoms. The third-order valence-corrected chi connectivity index (χ3v) is 9.66. The highest BCUT2D eigenvalue weighted by Gasteiger charge is 2.47. The van der Waals surface area contributed by atoms with Crippen molar-refractivity contribution in [3.8, 4) is 11.1 Å². The van der Waals surface area contributed by atoms with Crippen molar-refractivity contribution < 1.29 is 46.2 Å². The lowest BCUT2D eigenvalue weighted by molar-refractivity contribution is -0.140. The Balaban J connectivity index is 1.61. The van der Waals surface area contributed by atoms with E-state index < -0.39 is 59.3 Å². The van der Waals surface area contributed by atoms with Gasteiger partial charge in [0.15, 0.2) is 0 Å². The van der Waals surface area contributed by atoms with Crippen LogP contribution < -0.4 is 5.32 Å². The third kappa shape index (κ3) is 7.37. The minimum Gasteiger partial charge on any atom is -0.481 e. The molecule has 2 amide bonds. The molecule has 2 atom stereocenters. The first-order valence-corrected chi connectivity index (χ1v) is 15.9. The maximum atomic E-state index is 15.8. The van der Waals surface area contributed by atoms with Crippen molar-refractivity contribution in [1.29, 1.82) is 0 Å². The van der Waals surface area contributed by atoms with E-state index in [1.54, 1.807) is 6.92 Å². The molecule has 0 unspecified atom stereocenters. The SMILES string of the molecule is Cc1cc(F)cc2c1-c1cc(c(F)c(C(F)(F)F)c1)[C@H](CC(=O)O)NC(=O)[C@@H](N1CC3(CCOCC3)CC1=O)CCCCCCC2. The van der Waals surface area contributed by atoms with Gasteiger partial charge in [0.2, 0.25) is 11.8 Å². The summed E-state index contributed by atoms with van der Waals surface area (Å²) in [6.45, 7) is 2.84. The molecule has 0 radical (unpaired) electrons. The number of carboxylic acids is 1. The van der Waals surface area contributed by atoms with Gasteiger partial charge in [-0.3, -0.25) is 14.4 Å². The highest BCUT2D eigenvalue weighted by molar-refractivity contribution is 5.89. The van der Waals surface area contributed by atoms with Gasteiger partial charge in [-0.25, -0.2) is 8.78 Å². The predicted octanol–water partition coefficient (Wildman–Crippen LogP) is 6.89. The summed E-state index contributed by atoms with van der Waals surface area (Å²) in [6.07, 6.45) is -0.432. The molecule has 0 aromatic heterocycles. The summed E-state index contributed by atoms with van der Waals surface area (Å²) in [5.74, 6) is -4.68. The van der Waals surface area contributed by atoms with Crippen molar-refractivity contribution in [3.05, 3.63) is 58.2 Å². The van der Waals surface area contributed by atoms with Crippen LogP contribution in [-0.2, 0) is 31.7 Å². The molecule has 2 bridgehead atoms. The van der Waals surface area contributed by atoms with E-state index in [2.05, 4.69) is 5.32 Å². The van der Waals surface area contributed by atoms with Crippen LogP contribution in [0, 0.1) is 24.0 Å². The van der Waals surface area contributed by atoms with Crippen LogP contribution in [0.3, 0.4) is 0 Å². The summed E-state index contributed by atoms with van der Waals surface area (Å²) in [5.41, 5.74) is -1.55. The Hall–Kier alpha value is -3.54. The number of alkyl halides is 3. The third-order valence-electron chi connectivity index (χ3n) is 9.66. The second-order valence-electron chi connectivity index (χ2n) is 13.0. The number of carbonyl (C=O) groups is 3. The molecule has 2 aromatic carbocycles. The summed E-state index contributed by atoms with van der Waals surface area (Å²) >= 11 is 0. The first-order chi connectivity index (χ1) is 21.8. The number of nitrogens with zero attached hydrogens (tertiary/aromatic N) is 1. The fourth-order valence-corrected chi connectivity index (χ4v) is 7.32. The van der Waals surface area contributed by atoms with Gasteiger partial charge in [-0.15, -0.1) is 0 Å². The number of aliphatic carboxylic acids is 1. The van der Waals surface area contributed by atoms with Gasteiger partial charge in [-0.2, -0.15) is 13.2 Å². The monoisotopic (exact) mass is 650 g/mol. The van der Waals surface area contributed by atoms with Crippen LogP contribution in [0.5, 0.6) is 0 Å². The molecule has 2 N–H and O–H groups in total. The first-order valence-electron chi connectivity index (χ1n) is 15.9. The number of ether oxygens (including phenoxy) is 1. The molecule has 12 heteroatoms. The zero-order valence-electron chi connectivity index (χ0n) is 25.8. The van der Waals surface area contributed by atoms with Gasteiger partial charge >= 0.3 is 12.1 Å². The highest BCUT2D eigenvalue weighted by Crippen LogP contribution is 2.43. The van der Waals surface area contributed by atoms with Crippen LogP contribution in [-0.4, -0.2) is 53.6 Å². The number of hydrogen-bond acceptors (Lipinski definition) is 4. The minimum absolute atomic E-state index is 0.0549. The Bertz CT molecular complexity index is 1490. The van der Waals surface area contributed by atoms with E-state index in [1.165, 1.54) is 17.0 Å². The highest BCUT2D eigenvalue weighted by atomic mass is 19.4. The van der Waals surface area contributed by atoms with Gasteiger partial charge in [0.05, 0.1) is 18.0 Å². The number of benzene rings is 2. The number of rotatable bonds is 3. The fourth-order valence-electron chi connectivity index (χ4n) is 7.32. The van der Waals surface area contributed by atoms with Gasteiger partial charge in [0, 0.05) is 37.2 Å². The molecule has 1 spiro atoms. The number of likely N-dealkylation sites (tertiary alicyclic amines) is 1. The Kier molecular flexibility index (Phi) is 10.0. The first kappa shape index (κ1) is 33.8. The Labute approximate surface area is 264 Å². The normalized spacial score (nSPS) is 22.9. The smallest absolute Gasteiger partial charge is 0.419 e. The molecule has 7 nitrogen and oxygen atoms in total. The molecule has 250 valence electrons. The van der Waals surface area contributed by atoms with Crippen LogP contribution in [0.1, 0.15) is 92.5 Å². The topological polar surface area (TPSA) is 95.9 Å². The van der Waals surface area contributed by atoms with Crippen LogP contribution in [0.15, 0.2) is 24.3 Å². The molecule has 3 aliphatic rings. The van der Waals surface area contributed by atoms with Gasteiger partial charge < -0.3 is 20.1 Å². The number of carbonyl (C=O) groups excluding carboxylic acids is 2. The van der Waals surface area contributed by atoms with Crippen molar-refractivity contribution in [1.82, 2.24) is 10.2 Å². The van der Waals surface area contributed by atoms with Crippen molar-refractivity contribution in [2.45, 2.75) is 95.8 Å². The summed E-state index contributed by atoms with van der Waals surface area (Å²) in [6, 6.07) is 1.55. The maximum absolute atomic E-state index is 15.8. The lowest BCUT2D eigenvalue weighted by atomic mass is 9.79. The number of aryl methyl sites for hydroxylation is 2. The van der Waals surface area contributed by atoms with Crippen LogP contribution in [0.25, 0.3) is 11.1 Å². The Morgan fingerprint density at radius 3 is 2.43 bits per heavy atom. The second kappa shape index (κ2) is 13.7. The molecule has 5 rings (SSSR count). The van der Waals surface area contributed by atoms with E-state index in [9.17, 15) is 37.1 Å². The number of amides is 2. The molecule has 2 aromatic rings. The summed E-state index contributed by atoms with van der Waals surface area (Å²) in [5, 5.41) is 12.3. The van der Waals surface area contributed by atoms with Gasteiger partial charge in [0.1, 0.15) is 17.7 Å². The summed E-state index contributed by atoms with van der Waals surface area (Å²) < 4.78 is 78.7. The molecule has 0 aliphatic carbocycles. The molecule has 2 fully saturated rings. The van der Waals surface area contributed by atoms with Crippen LogP contribution in [0.4, 0.5) is 22.0 Å². The van der Waals surface area contributed by atoms with E-state index in [1.807, 2.05) is 0 Å². The van der Waals surface area contributed by atoms with Gasteiger partial charge in [0.25, 0.3) is 0 Å². The van der Waals surface area contributed by atoms with Crippen molar-refractivity contribution in [2.75, 3.05) is 19.8 Å². The maximum Gasteiger partial charge on any atom is 0.419 e. The van der Waals surface area contributed by atoms with E-state index in [4.69, 9.17) is 4.74 Å². The van der Waals surface area contributed by atoms with E-state index in [0.717, 1.165) is 25.3 Å². The van der Waals surface area contributed by atoms with Crippen LogP contribution in [0.2, 0.25) is 0 Å². The average molecular weight is 651 g/mol. The van der Waals surface area contributed by atoms with Gasteiger partial charge in [-0.1, -0.05) is 25.7 Å². The van der Waals surface area contributed by atoms with Crippen molar-refractivity contribution in [3.63, 3.8) is 0 Å². The molecule has 3 heterocycles. The predicted molar refractivity (Wildman–Crippen MR) is 159 cm³/mol. The standard InChI is InChI=1S/C34H39F5N2O5/c1-20-13-23(35)14-21-7-5-3-2-4-6-8-27(41-19-33(18-28(41)42)9-11-46-12-10-33)32(45)40-26(17-29(43)44)24-15-22(30(20)21)16-25(31(24)36)34(37,38)39/h13-16,26-27H,2-12,17-19H2,1H3,(H,40,45)(H,43,44)/t26-,27-/m0/s1. The van der Waals surface area contributed by atoms with Crippen molar-refractivity contribution >= 4 is 17.8 Å². The molecule has 3 aliphatic heterocycles. The lowest BCUT2D eigenvalue weighted by Gasteiger charge is -2.35. The van der Waals surface area contributed by atoms with E-state index >= 15 is 4.39 Å². The molecule has 0 saturated carbocycles. The largest absolute Gasteiger partial charge is 0.481 e. The van der Waals surface area contributed by atoms with E-state index in [-0.39, 0.29) is 29.7 Å². The molecular formula is C34H39F5N2O5. The number of hydrogen-bond donors (Lipinski definition) is 2. The number of nitrogens with one attached hydrogen (secondary N) is 1. The number of halogens is 5. The number of carboxylic acid groups (broad SMARTS) is 1. The quantitative estimate of drug-likeness (QED) is 0.353. The Morgan fingerprint density at radius 2 is 1.74 bits per heavy atom. The van der Waals surface area contributed by atoms with Gasteiger partial charge in [-0.05, 0) is 85.5 Å². The zero-order chi connectivity index (χ0) is 33.2. The Morgan fingerprint density at radius 1 is 1.04 bits per heavy atom. The minimum atomic E-state index is -5.15. The zero-order valence-corrected chi connectivity index (χ0v) is 25.8. The van der Waals surface area contributed by atoms with Crippen molar-refractivity contribution in [2.24, 2.45) is 5.41 Å². The molecular weight excluding hydrogens is 611 g/mol. The summed E-state index contributed by atoms with van der Waals surface area (Å²) in [7, 11) is 0. The summed E-state index contributed by atoms with van der Waals surface area (Å²) in [4.78, 5) is 40.8. The fraction of sp³-hybridized carbons (Fsp3) is 0.559. The van der Waals surface area contributed by atoms with E-state index in [0.29, 0.717) is 74.6 Å². The average Bonchev–Trinajstić information content (AvgIpc) is 3.27. The van der Waals surface area contributed by atoms with Crippen LogP contribution >= 0.6 is 0 Å².